The van der Waals surface area contributed by atoms with E-state index in [1.165, 1.54) is 12.1 Å². The van der Waals surface area contributed by atoms with Crippen molar-refractivity contribution < 1.29 is 18.3 Å². The Hall–Kier alpha value is -1.68. The average molecular weight is 317 g/mol. The topological polar surface area (TPSA) is 20.2 Å². The van der Waals surface area contributed by atoms with Gasteiger partial charge < -0.3 is 5.11 Å². The SMILES string of the molecule is CC.Cc1cc(-c2cccc(C(F)(F)F)c2)c(Cl)cc1O. The van der Waals surface area contributed by atoms with Crippen molar-refractivity contribution in [3.63, 3.8) is 0 Å². The van der Waals surface area contributed by atoms with Gasteiger partial charge in [-0.2, -0.15) is 13.2 Å². The van der Waals surface area contributed by atoms with E-state index in [4.69, 9.17) is 11.6 Å². The standard InChI is InChI=1S/C14H10ClF3O.C2H6/c1-8-5-11(12(15)7-13(8)19)9-3-2-4-10(6-9)14(16,17)18;1-2/h2-7,19H,1H3;1-2H3. The van der Waals surface area contributed by atoms with Gasteiger partial charge in [-0.1, -0.05) is 37.6 Å². The van der Waals surface area contributed by atoms with Crippen molar-refractivity contribution in [3.05, 3.63) is 52.5 Å². The van der Waals surface area contributed by atoms with E-state index in [1.807, 2.05) is 13.8 Å². The van der Waals surface area contributed by atoms with Gasteiger partial charge in [-0.25, -0.2) is 0 Å². The van der Waals surface area contributed by atoms with Crippen LogP contribution in [-0.2, 0) is 6.18 Å². The fourth-order valence-electron chi connectivity index (χ4n) is 1.76. The van der Waals surface area contributed by atoms with Crippen LogP contribution in [0, 0.1) is 6.92 Å². The molecule has 0 bridgehead atoms. The van der Waals surface area contributed by atoms with Crippen LogP contribution >= 0.6 is 11.6 Å². The number of halogens is 4. The fraction of sp³-hybridized carbons (Fsp3) is 0.250. The van der Waals surface area contributed by atoms with Crippen LogP contribution in [0.2, 0.25) is 5.02 Å². The van der Waals surface area contributed by atoms with Crippen molar-refractivity contribution in [2.24, 2.45) is 0 Å². The van der Waals surface area contributed by atoms with Crippen molar-refractivity contribution in [3.8, 4) is 16.9 Å². The molecule has 1 N–H and O–H groups in total. The first-order valence-corrected chi connectivity index (χ1v) is 6.83. The Balaban J connectivity index is 0.00000106. The van der Waals surface area contributed by atoms with E-state index >= 15 is 0 Å². The second kappa shape index (κ2) is 6.85. The summed E-state index contributed by atoms with van der Waals surface area (Å²) < 4.78 is 38.0. The quantitative estimate of drug-likeness (QED) is 0.677. The summed E-state index contributed by atoms with van der Waals surface area (Å²) in [6.07, 6.45) is -4.39. The summed E-state index contributed by atoms with van der Waals surface area (Å²) >= 11 is 5.96. The molecular weight excluding hydrogens is 301 g/mol. The first-order valence-electron chi connectivity index (χ1n) is 6.46. The highest BCUT2D eigenvalue weighted by molar-refractivity contribution is 6.33. The van der Waals surface area contributed by atoms with Crippen molar-refractivity contribution in [1.29, 1.82) is 0 Å². The van der Waals surface area contributed by atoms with Crippen LogP contribution in [-0.4, -0.2) is 5.11 Å². The number of alkyl halides is 3. The van der Waals surface area contributed by atoms with Gasteiger partial charge in [0.2, 0.25) is 0 Å². The zero-order valence-corrected chi connectivity index (χ0v) is 12.7. The predicted octanol–water partition coefficient (Wildman–Crippen LogP) is 6.07. The largest absolute Gasteiger partial charge is 0.508 e. The molecule has 0 saturated carbocycles. The van der Waals surface area contributed by atoms with Gasteiger partial charge in [0.15, 0.2) is 0 Å². The zero-order valence-electron chi connectivity index (χ0n) is 11.9. The van der Waals surface area contributed by atoms with Crippen LogP contribution in [0.4, 0.5) is 13.2 Å². The van der Waals surface area contributed by atoms with Crippen molar-refractivity contribution in [1.82, 2.24) is 0 Å². The highest BCUT2D eigenvalue weighted by Gasteiger charge is 2.30. The molecule has 114 valence electrons. The Labute approximate surface area is 127 Å². The molecule has 0 spiro atoms. The fourth-order valence-corrected chi connectivity index (χ4v) is 2.02. The molecule has 21 heavy (non-hydrogen) atoms. The number of aryl methyl sites for hydroxylation is 1. The van der Waals surface area contributed by atoms with Gasteiger partial charge in [0.1, 0.15) is 5.75 Å². The van der Waals surface area contributed by atoms with Crippen LogP contribution in [0.15, 0.2) is 36.4 Å². The highest BCUT2D eigenvalue weighted by Crippen LogP contribution is 2.36. The maximum absolute atomic E-state index is 12.7. The summed E-state index contributed by atoms with van der Waals surface area (Å²) in [6.45, 7) is 5.66. The number of hydrogen-bond acceptors (Lipinski definition) is 1. The van der Waals surface area contributed by atoms with Gasteiger partial charge in [-0.05, 0) is 42.3 Å². The normalized spacial score (nSPS) is 10.8. The van der Waals surface area contributed by atoms with E-state index in [0.29, 0.717) is 16.7 Å². The van der Waals surface area contributed by atoms with Gasteiger partial charge >= 0.3 is 6.18 Å². The average Bonchev–Trinajstić information content (AvgIpc) is 2.44. The molecule has 0 aromatic heterocycles. The summed E-state index contributed by atoms with van der Waals surface area (Å²) in [6, 6.07) is 7.81. The first-order chi connectivity index (χ1) is 9.79. The van der Waals surface area contributed by atoms with Gasteiger partial charge in [0, 0.05) is 5.56 Å². The van der Waals surface area contributed by atoms with Crippen molar-refractivity contribution in [2.45, 2.75) is 26.9 Å². The molecule has 2 aromatic rings. The molecule has 0 unspecified atom stereocenters. The Morgan fingerprint density at radius 3 is 2.24 bits per heavy atom. The molecule has 0 fully saturated rings. The lowest BCUT2D eigenvalue weighted by atomic mass is 10.0. The predicted molar refractivity (Wildman–Crippen MR) is 79.6 cm³/mol. The van der Waals surface area contributed by atoms with E-state index in [2.05, 4.69) is 0 Å². The summed E-state index contributed by atoms with van der Waals surface area (Å²) in [4.78, 5) is 0. The first kappa shape index (κ1) is 17.4. The van der Waals surface area contributed by atoms with Crippen LogP contribution in [0.25, 0.3) is 11.1 Å². The molecule has 0 amide bonds. The lowest BCUT2D eigenvalue weighted by Gasteiger charge is -2.11. The molecule has 0 aliphatic carbocycles. The number of aromatic hydroxyl groups is 1. The van der Waals surface area contributed by atoms with Gasteiger partial charge in [0.25, 0.3) is 0 Å². The molecule has 0 atom stereocenters. The molecule has 5 heteroatoms. The van der Waals surface area contributed by atoms with E-state index < -0.39 is 11.7 Å². The second-order valence-electron chi connectivity index (χ2n) is 4.20. The van der Waals surface area contributed by atoms with Crippen molar-refractivity contribution >= 4 is 11.6 Å². The smallest absolute Gasteiger partial charge is 0.416 e. The Bertz CT molecular complexity index is 621. The minimum Gasteiger partial charge on any atom is -0.508 e. The summed E-state index contributed by atoms with van der Waals surface area (Å²) in [5, 5.41) is 9.70. The van der Waals surface area contributed by atoms with E-state index in [1.54, 1.807) is 19.1 Å². The molecule has 0 radical (unpaired) electrons. The second-order valence-corrected chi connectivity index (χ2v) is 4.60. The summed E-state index contributed by atoms with van der Waals surface area (Å²) in [7, 11) is 0. The molecule has 0 aliphatic rings. The molecule has 1 nitrogen and oxygen atoms in total. The molecule has 2 rings (SSSR count). The van der Waals surface area contributed by atoms with Crippen LogP contribution in [0.1, 0.15) is 25.0 Å². The van der Waals surface area contributed by atoms with E-state index in [9.17, 15) is 18.3 Å². The summed E-state index contributed by atoms with van der Waals surface area (Å²) in [5.41, 5.74) is 0.648. The van der Waals surface area contributed by atoms with Gasteiger partial charge in [-0.15, -0.1) is 0 Å². The number of phenols is 1. The lowest BCUT2D eigenvalue weighted by molar-refractivity contribution is -0.137. The molecule has 0 saturated heterocycles. The Morgan fingerprint density at radius 1 is 1.05 bits per heavy atom. The molecule has 0 aliphatic heterocycles. The van der Waals surface area contributed by atoms with Gasteiger partial charge in [0.05, 0.1) is 10.6 Å². The third kappa shape index (κ3) is 4.14. The number of hydrogen-bond donors (Lipinski definition) is 1. The van der Waals surface area contributed by atoms with Crippen LogP contribution in [0.5, 0.6) is 5.75 Å². The van der Waals surface area contributed by atoms with Gasteiger partial charge in [-0.3, -0.25) is 0 Å². The Kier molecular flexibility index (Phi) is 5.67. The van der Waals surface area contributed by atoms with Crippen LogP contribution in [0.3, 0.4) is 0 Å². The maximum Gasteiger partial charge on any atom is 0.416 e. The third-order valence-corrected chi connectivity index (χ3v) is 3.10. The Morgan fingerprint density at radius 2 is 1.67 bits per heavy atom. The third-order valence-electron chi connectivity index (χ3n) is 2.79. The van der Waals surface area contributed by atoms with Crippen LogP contribution < -0.4 is 0 Å². The lowest BCUT2D eigenvalue weighted by Crippen LogP contribution is -2.04. The number of phenolic OH excluding ortho intramolecular Hbond substituents is 1. The molecule has 0 heterocycles. The maximum atomic E-state index is 12.7. The number of rotatable bonds is 1. The molecular formula is C16H16ClF3O. The highest BCUT2D eigenvalue weighted by atomic mass is 35.5. The van der Waals surface area contributed by atoms with E-state index in [0.717, 1.165) is 12.1 Å². The van der Waals surface area contributed by atoms with Crippen molar-refractivity contribution in [2.75, 3.05) is 0 Å². The molecule has 2 aromatic carbocycles. The van der Waals surface area contributed by atoms with E-state index in [-0.39, 0.29) is 10.8 Å². The zero-order chi connectivity index (χ0) is 16.2. The minimum absolute atomic E-state index is 0.0146. The number of benzene rings is 2. The minimum atomic E-state index is -4.39. The summed E-state index contributed by atoms with van der Waals surface area (Å²) in [5.74, 6) is 0.0146. The monoisotopic (exact) mass is 316 g/mol.